The van der Waals surface area contributed by atoms with Crippen LogP contribution in [0.5, 0.6) is 0 Å². The number of nitrogens with zero attached hydrogens (tertiary/aromatic N) is 1. The molecule has 0 fully saturated rings. The monoisotopic (exact) mass is 240 g/mol. The van der Waals surface area contributed by atoms with Crippen molar-refractivity contribution in [3.8, 4) is 0 Å². The van der Waals surface area contributed by atoms with Crippen LogP contribution in [0.4, 0.5) is 5.69 Å². The van der Waals surface area contributed by atoms with Crippen molar-refractivity contribution in [3.63, 3.8) is 0 Å². The van der Waals surface area contributed by atoms with Gasteiger partial charge in [-0.2, -0.15) is 4.31 Å². The molecule has 0 atom stereocenters. The fourth-order valence-corrected chi connectivity index (χ4v) is 2.69. The fraction of sp³-hybridized carbons (Fsp3) is 0.273. The van der Waals surface area contributed by atoms with Crippen LogP contribution in [0.1, 0.15) is 6.92 Å². The molecule has 0 saturated carbocycles. The number of hydrogen-bond acceptors (Lipinski definition) is 3. The normalized spacial score (nSPS) is 11.7. The average molecular weight is 240 g/mol. The molecule has 88 valence electrons. The Morgan fingerprint density at radius 3 is 2.50 bits per heavy atom. The van der Waals surface area contributed by atoms with E-state index in [4.69, 9.17) is 5.73 Å². The van der Waals surface area contributed by atoms with Gasteiger partial charge in [0, 0.05) is 13.6 Å². The Hall–Kier alpha value is -1.33. The van der Waals surface area contributed by atoms with E-state index < -0.39 is 10.0 Å². The van der Waals surface area contributed by atoms with Crippen LogP contribution in [0.15, 0.2) is 41.3 Å². The minimum atomic E-state index is -3.52. The summed E-state index contributed by atoms with van der Waals surface area (Å²) in [6.07, 6.45) is 0. The quantitative estimate of drug-likeness (QED) is 0.640. The summed E-state index contributed by atoms with van der Waals surface area (Å²) in [5.41, 5.74) is 6.69. The third-order valence-electron chi connectivity index (χ3n) is 2.10. The van der Waals surface area contributed by atoms with Crippen LogP contribution < -0.4 is 5.73 Å². The van der Waals surface area contributed by atoms with E-state index in [1.54, 1.807) is 25.1 Å². The van der Waals surface area contributed by atoms with Gasteiger partial charge in [0.2, 0.25) is 10.0 Å². The maximum atomic E-state index is 12.1. The molecule has 0 radical (unpaired) electrons. The molecule has 1 aromatic carbocycles. The van der Waals surface area contributed by atoms with Crippen LogP contribution in [-0.4, -0.2) is 26.3 Å². The highest BCUT2D eigenvalue weighted by Gasteiger charge is 2.22. The summed E-state index contributed by atoms with van der Waals surface area (Å²) in [5.74, 6) is 0. The number of nitrogen functional groups attached to an aromatic ring is 1. The smallest absolute Gasteiger partial charge is 0.245 e. The van der Waals surface area contributed by atoms with Gasteiger partial charge in [-0.1, -0.05) is 24.3 Å². The number of rotatable bonds is 4. The molecule has 1 aromatic rings. The number of hydrogen-bond donors (Lipinski definition) is 1. The highest BCUT2D eigenvalue weighted by Crippen LogP contribution is 2.21. The van der Waals surface area contributed by atoms with Crippen molar-refractivity contribution in [1.29, 1.82) is 0 Å². The van der Waals surface area contributed by atoms with E-state index >= 15 is 0 Å². The number of sulfonamides is 1. The third kappa shape index (κ3) is 2.62. The van der Waals surface area contributed by atoms with Crippen LogP contribution in [0.3, 0.4) is 0 Å². The van der Waals surface area contributed by atoms with Gasteiger partial charge in [-0.05, 0) is 19.1 Å². The molecule has 0 heterocycles. The van der Waals surface area contributed by atoms with Gasteiger partial charge in [0.15, 0.2) is 0 Å². The maximum Gasteiger partial charge on any atom is 0.245 e. The largest absolute Gasteiger partial charge is 0.398 e. The Bertz CT molecular complexity index is 494. The molecule has 2 N–H and O–H groups in total. The lowest BCUT2D eigenvalue weighted by Crippen LogP contribution is -2.28. The zero-order valence-corrected chi connectivity index (χ0v) is 10.3. The van der Waals surface area contributed by atoms with Crippen molar-refractivity contribution in [2.75, 3.05) is 19.3 Å². The van der Waals surface area contributed by atoms with E-state index in [1.807, 2.05) is 0 Å². The van der Waals surface area contributed by atoms with E-state index in [0.29, 0.717) is 0 Å². The van der Waals surface area contributed by atoms with Gasteiger partial charge in [-0.3, -0.25) is 0 Å². The van der Waals surface area contributed by atoms with Crippen LogP contribution in [0.2, 0.25) is 0 Å². The summed E-state index contributed by atoms with van der Waals surface area (Å²) in [4.78, 5) is 0.138. The Labute approximate surface area is 96.4 Å². The molecular weight excluding hydrogens is 224 g/mol. The summed E-state index contributed by atoms with van der Waals surface area (Å²) in [7, 11) is -2.01. The van der Waals surface area contributed by atoms with Crippen molar-refractivity contribution in [3.05, 3.63) is 36.4 Å². The molecule has 0 unspecified atom stereocenters. The van der Waals surface area contributed by atoms with Crippen molar-refractivity contribution >= 4 is 15.7 Å². The van der Waals surface area contributed by atoms with Gasteiger partial charge in [-0.25, -0.2) is 8.42 Å². The summed E-state index contributed by atoms with van der Waals surface area (Å²) >= 11 is 0. The van der Waals surface area contributed by atoms with Gasteiger partial charge in [-0.15, -0.1) is 0 Å². The molecule has 0 saturated heterocycles. The molecule has 1 rings (SSSR count). The van der Waals surface area contributed by atoms with E-state index in [-0.39, 0.29) is 17.1 Å². The number of likely N-dealkylation sites (N-methyl/N-ethyl adjacent to an activating group) is 1. The second-order valence-electron chi connectivity index (χ2n) is 3.76. The third-order valence-corrected chi connectivity index (χ3v) is 3.98. The first-order chi connectivity index (χ1) is 7.35. The summed E-state index contributed by atoms with van der Waals surface area (Å²) < 4.78 is 25.4. The lowest BCUT2D eigenvalue weighted by Gasteiger charge is -2.18. The number of nitrogens with two attached hydrogens (primary N) is 1. The second-order valence-corrected chi connectivity index (χ2v) is 5.77. The average Bonchev–Trinajstić information content (AvgIpc) is 2.16. The molecule has 0 aliphatic rings. The van der Waals surface area contributed by atoms with Gasteiger partial charge < -0.3 is 5.73 Å². The Morgan fingerprint density at radius 1 is 1.44 bits per heavy atom. The van der Waals surface area contributed by atoms with Gasteiger partial charge >= 0.3 is 0 Å². The first kappa shape index (κ1) is 12.7. The molecule has 0 aromatic heterocycles. The fourth-order valence-electron chi connectivity index (χ4n) is 1.35. The minimum Gasteiger partial charge on any atom is -0.398 e. The lowest BCUT2D eigenvalue weighted by molar-refractivity contribution is 0.493. The molecular formula is C11H16N2O2S. The molecule has 4 nitrogen and oxygen atoms in total. The predicted octanol–water partition coefficient (Wildman–Crippen LogP) is 1.47. The van der Waals surface area contributed by atoms with Gasteiger partial charge in [0.25, 0.3) is 0 Å². The minimum absolute atomic E-state index is 0.138. The van der Waals surface area contributed by atoms with Crippen LogP contribution in [0, 0.1) is 0 Å². The van der Waals surface area contributed by atoms with Crippen molar-refractivity contribution in [1.82, 2.24) is 4.31 Å². The molecule has 0 aliphatic carbocycles. The predicted molar refractivity (Wildman–Crippen MR) is 65.5 cm³/mol. The van der Waals surface area contributed by atoms with Crippen LogP contribution >= 0.6 is 0 Å². The maximum absolute atomic E-state index is 12.1. The Kier molecular flexibility index (Phi) is 3.72. The zero-order chi connectivity index (χ0) is 12.3. The Morgan fingerprint density at radius 2 is 2.00 bits per heavy atom. The molecule has 0 aliphatic heterocycles. The number of benzene rings is 1. The molecule has 16 heavy (non-hydrogen) atoms. The molecule has 0 bridgehead atoms. The number of para-hydroxylation sites is 1. The standard InChI is InChI=1S/C11H16N2O2S/c1-9(2)8-13(3)16(14,15)11-7-5-4-6-10(11)12/h4-7H,1,8,12H2,2-3H3. The van der Waals surface area contributed by atoms with E-state index in [1.165, 1.54) is 17.4 Å². The molecule has 0 amide bonds. The van der Waals surface area contributed by atoms with Crippen LogP contribution in [-0.2, 0) is 10.0 Å². The van der Waals surface area contributed by atoms with Gasteiger partial charge in [0.1, 0.15) is 4.90 Å². The van der Waals surface area contributed by atoms with E-state index in [9.17, 15) is 8.42 Å². The van der Waals surface area contributed by atoms with Crippen molar-refractivity contribution in [2.45, 2.75) is 11.8 Å². The topological polar surface area (TPSA) is 63.4 Å². The summed E-state index contributed by atoms with van der Waals surface area (Å²) in [6.45, 7) is 5.75. The SMILES string of the molecule is C=C(C)CN(C)S(=O)(=O)c1ccccc1N. The first-order valence-corrected chi connectivity index (χ1v) is 6.25. The summed E-state index contributed by atoms with van der Waals surface area (Å²) in [6, 6.07) is 6.42. The molecule has 0 spiro atoms. The Balaban J connectivity index is 3.12. The first-order valence-electron chi connectivity index (χ1n) is 4.81. The van der Waals surface area contributed by atoms with Crippen molar-refractivity contribution in [2.24, 2.45) is 0 Å². The highest BCUT2D eigenvalue weighted by atomic mass is 32.2. The zero-order valence-electron chi connectivity index (χ0n) is 9.47. The van der Waals surface area contributed by atoms with Crippen LogP contribution in [0.25, 0.3) is 0 Å². The van der Waals surface area contributed by atoms with Crippen molar-refractivity contribution < 1.29 is 8.42 Å². The van der Waals surface area contributed by atoms with E-state index in [0.717, 1.165) is 5.57 Å². The number of anilines is 1. The summed E-state index contributed by atoms with van der Waals surface area (Å²) in [5, 5.41) is 0. The van der Waals surface area contributed by atoms with Gasteiger partial charge in [0.05, 0.1) is 5.69 Å². The second kappa shape index (κ2) is 4.67. The van der Waals surface area contributed by atoms with E-state index in [2.05, 4.69) is 6.58 Å². The molecule has 5 heteroatoms. The lowest BCUT2D eigenvalue weighted by atomic mass is 10.3. The highest BCUT2D eigenvalue weighted by molar-refractivity contribution is 7.89.